The lowest BCUT2D eigenvalue weighted by molar-refractivity contribution is -0.119. The minimum atomic E-state index is -0.741. The molecule has 1 heterocycles. The fourth-order valence-corrected chi connectivity index (χ4v) is 3.84. The molecule has 7 nitrogen and oxygen atoms in total. The van der Waals surface area contributed by atoms with Gasteiger partial charge in [-0.05, 0) is 48.4 Å². The molecule has 1 aromatic heterocycles. The fraction of sp³-hybridized carbons (Fsp3) is 0.238. The maximum atomic E-state index is 12.8. The van der Waals surface area contributed by atoms with Crippen molar-refractivity contribution in [1.29, 1.82) is 0 Å². The Balaban J connectivity index is 1.73. The van der Waals surface area contributed by atoms with Crippen molar-refractivity contribution in [3.05, 3.63) is 53.1 Å². The van der Waals surface area contributed by atoms with Crippen molar-refractivity contribution in [3.63, 3.8) is 0 Å². The van der Waals surface area contributed by atoms with Crippen LogP contribution in [0.2, 0.25) is 5.02 Å². The van der Waals surface area contributed by atoms with Crippen molar-refractivity contribution in [2.24, 2.45) is 5.92 Å². The van der Waals surface area contributed by atoms with Gasteiger partial charge in [-0.25, -0.2) is 4.98 Å². The number of benzene rings is 2. The zero-order valence-corrected chi connectivity index (χ0v) is 18.2. The van der Waals surface area contributed by atoms with Gasteiger partial charge >= 0.3 is 0 Å². The Hall–Kier alpha value is -2.97. The molecule has 3 N–H and O–H groups in total. The molecular weight excluding hydrogens is 424 g/mol. The Kier molecular flexibility index (Phi) is 6.69. The van der Waals surface area contributed by atoms with Crippen LogP contribution < -0.4 is 16.0 Å². The standard InChI is InChI=1S/C21H21ClN4O3S/c1-11(2)18(25-19(28)13-4-6-14(22)7-5-13)20(29)26-21-24-16-9-8-15(23-12(3)27)10-17(16)30-21/h4-11,18H,1-3H3,(H,23,27)(H,25,28)(H,24,26,29). The quantitative estimate of drug-likeness (QED) is 0.527. The first-order valence-corrected chi connectivity index (χ1v) is 10.5. The molecule has 2 aromatic carbocycles. The zero-order valence-electron chi connectivity index (χ0n) is 16.7. The smallest absolute Gasteiger partial charge is 0.251 e. The Morgan fingerprint density at radius 1 is 1.03 bits per heavy atom. The SMILES string of the molecule is CC(=O)Nc1ccc2nc(NC(=O)C(NC(=O)c3ccc(Cl)cc3)C(C)C)sc2c1. The first-order chi connectivity index (χ1) is 14.2. The molecule has 3 aromatic rings. The lowest BCUT2D eigenvalue weighted by Crippen LogP contribution is -2.47. The fourth-order valence-electron chi connectivity index (χ4n) is 2.80. The van der Waals surface area contributed by atoms with Crippen molar-refractivity contribution in [3.8, 4) is 0 Å². The number of anilines is 2. The largest absolute Gasteiger partial charge is 0.340 e. The Bertz CT molecular complexity index is 1100. The summed E-state index contributed by atoms with van der Waals surface area (Å²) in [6, 6.07) is 11.0. The molecule has 9 heteroatoms. The maximum absolute atomic E-state index is 12.8. The van der Waals surface area contributed by atoms with E-state index in [1.807, 2.05) is 13.8 Å². The predicted octanol–water partition coefficient (Wildman–Crippen LogP) is 4.30. The Morgan fingerprint density at radius 3 is 2.37 bits per heavy atom. The van der Waals surface area contributed by atoms with Crippen LogP contribution in [0.1, 0.15) is 31.1 Å². The third-order valence-electron chi connectivity index (χ3n) is 4.28. The maximum Gasteiger partial charge on any atom is 0.251 e. The molecule has 0 saturated heterocycles. The molecular formula is C21H21ClN4O3S. The topological polar surface area (TPSA) is 100 Å². The predicted molar refractivity (Wildman–Crippen MR) is 120 cm³/mol. The number of amides is 3. The zero-order chi connectivity index (χ0) is 21.8. The van der Waals surface area contributed by atoms with Crippen LogP contribution in [-0.2, 0) is 9.59 Å². The molecule has 30 heavy (non-hydrogen) atoms. The minimum Gasteiger partial charge on any atom is -0.340 e. The molecule has 0 spiro atoms. The third-order valence-corrected chi connectivity index (χ3v) is 5.47. The van der Waals surface area contributed by atoms with E-state index in [0.717, 1.165) is 4.70 Å². The van der Waals surface area contributed by atoms with Crippen molar-refractivity contribution in [1.82, 2.24) is 10.3 Å². The highest BCUT2D eigenvalue weighted by molar-refractivity contribution is 7.22. The molecule has 3 amide bonds. The number of nitrogens with zero attached hydrogens (tertiary/aromatic N) is 1. The molecule has 0 radical (unpaired) electrons. The monoisotopic (exact) mass is 444 g/mol. The second-order valence-electron chi connectivity index (χ2n) is 7.07. The summed E-state index contributed by atoms with van der Waals surface area (Å²) < 4.78 is 0.822. The lowest BCUT2D eigenvalue weighted by atomic mass is 10.0. The number of carbonyl (C=O) groups is 3. The molecule has 1 unspecified atom stereocenters. The highest BCUT2D eigenvalue weighted by Gasteiger charge is 2.25. The molecule has 0 aliphatic heterocycles. The summed E-state index contributed by atoms with van der Waals surface area (Å²) >= 11 is 7.15. The van der Waals surface area contributed by atoms with Crippen LogP contribution in [-0.4, -0.2) is 28.7 Å². The number of fused-ring (bicyclic) bond motifs is 1. The molecule has 1 atom stereocenters. The number of hydrogen-bond acceptors (Lipinski definition) is 5. The van der Waals surface area contributed by atoms with Gasteiger partial charge in [-0.3, -0.25) is 14.4 Å². The van der Waals surface area contributed by atoms with Gasteiger partial charge in [0, 0.05) is 23.2 Å². The first kappa shape index (κ1) is 21.7. The van der Waals surface area contributed by atoms with Crippen LogP contribution in [0, 0.1) is 5.92 Å². The number of nitrogens with one attached hydrogen (secondary N) is 3. The molecule has 0 aliphatic carbocycles. The molecule has 0 fully saturated rings. The van der Waals surface area contributed by atoms with Crippen molar-refractivity contribution >= 4 is 61.7 Å². The number of rotatable bonds is 6. The molecule has 0 bridgehead atoms. The van der Waals surface area contributed by atoms with Crippen molar-refractivity contribution in [2.45, 2.75) is 26.8 Å². The van der Waals surface area contributed by atoms with E-state index in [0.29, 0.717) is 26.9 Å². The van der Waals surface area contributed by atoms with Crippen molar-refractivity contribution < 1.29 is 14.4 Å². The summed E-state index contributed by atoms with van der Waals surface area (Å²) in [5.41, 5.74) is 1.78. The van der Waals surface area contributed by atoms with E-state index in [4.69, 9.17) is 11.6 Å². The van der Waals surface area contributed by atoms with Gasteiger partial charge in [0.25, 0.3) is 5.91 Å². The van der Waals surface area contributed by atoms with E-state index in [1.54, 1.807) is 42.5 Å². The summed E-state index contributed by atoms with van der Waals surface area (Å²) in [5, 5.41) is 9.22. The van der Waals surface area contributed by atoms with E-state index in [2.05, 4.69) is 20.9 Å². The van der Waals surface area contributed by atoms with Crippen LogP contribution >= 0.6 is 22.9 Å². The summed E-state index contributed by atoms with van der Waals surface area (Å²) in [7, 11) is 0. The molecule has 156 valence electrons. The summed E-state index contributed by atoms with van der Waals surface area (Å²) in [5.74, 6) is -1.01. The number of hydrogen-bond donors (Lipinski definition) is 3. The highest BCUT2D eigenvalue weighted by Crippen LogP contribution is 2.28. The van der Waals surface area contributed by atoms with Gasteiger partial charge in [0.1, 0.15) is 6.04 Å². The highest BCUT2D eigenvalue weighted by atomic mass is 35.5. The van der Waals surface area contributed by atoms with Crippen LogP contribution in [0.25, 0.3) is 10.2 Å². The van der Waals surface area contributed by atoms with Gasteiger partial charge < -0.3 is 16.0 Å². The van der Waals surface area contributed by atoms with E-state index in [9.17, 15) is 14.4 Å². The summed E-state index contributed by atoms with van der Waals surface area (Å²) in [4.78, 5) is 41.0. The van der Waals surface area contributed by atoms with Gasteiger partial charge in [0.2, 0.25) is 11.8 Å². The van der Waals surface area contributed by atoms with Crippen LogP contribution in [0.5, 0.6) is 0 Å². The summed E-state index contributed by atoms with van der Waals surface area (Å²) in [6.45, 7) is 5.14. The normalized spacial score (nSPS) is 11.9. The molecule has 0 saturated carbocycles. The van der Waals surface area contributed by atoms with Crippen LogP contribution in [0.15, 0.2) is 42.5 Å². The van der Waals surface area contributed by atoms with E-state index in [1.165, 1.54) is 18.3 Å². The number of carbonyl (C=O) groups excluding carboxylic acids is 3. The second kappa shape index (κ2) is 9.23. The van der Waals surface area contributed by atoms with Crippen LogP contribution in [0.3, 0.4) is 0 Å². The number of thiazole rings is 1. The van der Waals surface area contributed by atoms with Gasteiger partial charge in [0.15, 0.2) is 5.13 Å². The van der Waals surface area contributed by atoms with E-state index < -0.39 is 6.04 Å². The summed E-state index contributed by atoms with van der Waals surface area (Å²) in [6.07, 6.45) is 0. The van der Waals surface area contributed by atoms with Gasteiger partial charge in [0.05, 0.1) is 10.2 Å². The van der Waals surface area contributed by atoms with Gasteiger partial charge in [-0.15, -0.1) is 0 Å². The number of halogens is 1. The average molecular weight is 445 g/mol. The Morgan fingerprint density at radius 2 is 1.73 bits per heavy atom. The second-order valence-corrected chi connectivity index (χ2v) is 8.54. The Labute approximate surface area is 182 Å². The first-order valence-electron chi connectivity index (χ1n) is 9.28. The molecule has 3 rings (SSSR count). The molecule has 0 aliphatic rings. The van der Waals surface area contributed by atoms with Gasteiger partial charge in [-0.2, -0.15) is 0 Å². The average Bonchev–Trinajstić information content (AvgIpc) is 3.07. The third kappa shape index (κ3) is 5.34. The van der Waals surface area contributed by atoms with Crippen LogP contribution in [0.4, 0.5) is 10.8 Å². The van der Waals surface area contributed by atoms with Crippen molar-refractivity contribution in [2.75, 3.05) is 10.6 Å². The number of aromatic nitrogens is 1. The van der Waals surface area contributed by atoms with E-state index in [-0.39, 0.29) is 23.6 Å². The minimum absolute atomic E-state index is 0.137. The van der Waals surface area contributed by atoms with E-state index >= 15 is 0 Å². The van der Waals surface area contributed by atoms with Gasteiger partial charge in [-0.1, -0.05) is 36.8 Å². The lowest BCUT2D eigenvalue weighted by Gasteiger charge is -2.21.